The Balaban J connectivity index is 1.43. The Morgan fingerprint density at radius 3 is 2.40 bits per heavy atom. The number of ether oxygens (including phenoxy) is 1. The van der Waals surface area contributed by atoms with Gasteiger partial charge in [-0.1, -0.05) is 57.0 Å². The zero-order valence-corrected chi connectivity index (χ0v) is 24.9. The molecule has 0 bridgehead atoms. The third-order valence-corrected chi connectivity index (χ3v) is 8.42. The average Bonchev–Trinajstić information content (AvgIpc) is 2.96. The number of allylic oxidation sites excluding steroid dienone is 2. The number of carbonyl (C=O) groups is 2. The predicted molar refractivity (Wildman–Crippen MR) is 163 cm³/mol. The van der Waals surface area contributed by atoms with E-state index in [0.29, 0.717) is 30.4 Å². The first kappa shape index (κ1) is 31.6. The number of hydrogen-bond donors (Lipinski definition) is 1. The van der Waals surface area contributed by atoms with E-state index in [9.17, 15) is 14.0 Å². The summed E-state index contributed by atoms with van der Waals surface area (Å²) in [6.45, 7) is 5.73. The Hall–Kier alpha value is -2.95. The van der Waals surface area contributed by atoms with Crippen molar-refractivity contribution in [2.75, 3.05) is 12.4 Å². The van der Waals surface area contributed by atoms with Crippen LogP contribution >= 0.6 is 0 Å². The summed E-state index contributed by atoms with van der Waals surface area (Å²) < 4.78 is 18.0. The highest BCUT2D eigenvalue weighted by molar-refractivity contribution is 5.97. The molecule has 1 saturated carbocycles. The van der Waals surface area contributed by atoms with Crippen molar-refractivity contribution in [1.82, 2.24) is 0 Å². The molecule has 0 amide bonds. The predicted octanol–water partition coefficient (Wildman–Crippen LogP) is 8.93. The average molecular weight is 550 g/mol. The number of Topliss-reactive ketones (excluding diaryl/α,β-unsaturated/α-hetero) is 1. The second kappa shape index (κ2) is 16.3. The molecular formula is C35H48FNO3. The maximum Gasteiger partial charge on any atom is 0.235 e. The highest BCUT2D eigenvalue weighted by Gasteiger charge is 2.29. The summed E-state index contributed by atoms with van der Waals surface area (Å²) in [5.41, 5.74) is 4.15. The standard InChI is InChI=1S/C35H48FNO3/c1-5-9-28(11-8-13-35(39)31-21-16-27(6-2)33(24-31)37-4)29-17-19-30(20-18-29)34(38)12-7-10-26-14-22-32(23-15-26)40-25(3)36/h7,12,14-16,21-25,28-30,37H,5-6,8-11,13,17-20H2,1-4H3/b12-7-. The lowest BCUT2D eigenvalue weighted by molar-refractivity contribution is -0.119. The molecule has 5 heteroatoms. The van der Waals surface area contributed by atoms with Gasteiger partial charge in [0.05, 0.1) is 0 Å². The summed E-state index contributed by atoms with van der Waals surface area (Å²) in [5, 5.41) is 3.22. The summed E-state index contributed by atoms with van der Waals surface area (Å²) >= 11 is 0. The van der Waals surface area contributed by atoms with E-state index in [4.69, 9.17) is 4.74 Å². The van der Waals surface area contributed by atoms with Crippen LogP contribution in [0.1, 0.15) is 100 Å². The number of nitrogens with one attached hydrogen (secondary N) is 1. The molecule has 0 aromatic heterocycles. The van der Waals surface area contributed by atoms with Gasteiger partial charge in [-0.25, -0.2) is 4.39 Å². The summed E-state index contributed by atoms with van der Waals surface area (Å²) in [4.78, 5) is 25.7. The number of anilines is 1. The van der Waals surface area contributed by atoms with Gasteiger partial charge in [-0.2, -0.15) is 0 Å². The number of alkyl halides is 1. The molecule has 1 N–H and O–H groups in total. The van der Waals surface area contributed by atoms with Crippen LogP contribution in [0.15, 0.2) is 54.6 Å². The van der Waals surface area contributed by atoms with E-state index in [0.717, 1.165) is 68.2 Å². The van der Waals surface area contributed by atoms with Crippen LogP contribution in [0.3, 0.4) is 0 Å². The van der Waals surface area contributed by atoms with Crippen LogP contribution in [0.4, 0.5) is 10.1 Å². The topological polar surface area (TPSA) is 55.4 Å². The van der Waals surface area contributed by atoms with Gasteiger partial charge in [0.25, 0.3) is 0 Å². The number of benzene rings is 2. The van der Waals surface area contributed by atoms with Crippen LogP contribution in [0.2, 0.25) is 0 Å². The van der Waals surface area contributed by atoms with E-state index in [-0.39, 0.29) is 17.5 Å². The molecule has 0 spiro atoms. The van der Waals surface area contributed by atoms with Crippen molar-refractivity contribution < 1.29 is 18.7 Å². The van der Waals surface area contributed by atoms with Gasteiger partial charge in [-0.3, -0.25) is 9.59 Å². The maximum atomic E-state index is 13.0. The molecule has 1 fully saturated rings. The van der Waals surface area contributed by atoms with E-state index in [2.05, 4.69) is 25.2 Å². The van der Waals surface area contributed by atoms with Gasteiger partial charge in [0.1, 0.15) is 5.75 Å². The van der Waals surface area contributed by atoms with E-state index in [1.807, 2.05) is 37.4 Å². The SMILES string of the molecule is CCCC(CCCC(=O)c1ccc(CC)c(NC)c1)C1CCC(C(=O)/C=C\Cc2ccc(OC(C)F)cc2)CC1. The number of hydrogen-bond acceptors (Lipinski definition) is 4. The molecule has 2 aromatic carbocycles. The minimum atomic E-state index is -1.33. The van der Waals surface area contributed by atoms with Crippen molar-refractivity contribution in [2.45, 2.75) is 97.8 Å². The quantitative estimate of drug-likeness (QED) is 0.168. The van der Waals surface area contributed by atoms with Crippen molar-refractivity contribution in [3.05, 3.63) is 71.3 Å². The Morgan fingerprint density at radius 2 is 1.77 bits per heavy atom. The molecule has 0 saturated heterocycles. The molecule has 0 radical (unpaired) electrons. The van der Waals surface area contributed by atoms with Crippen molar-refractivity contribution in [3.63, 3.8) is 0 Å². The number of carbonyl (C=O) groups excluding carboxylic acids is 2. The lowest BCUT2D eigenvalue weighted by Gasteiger charge is -2.33. The molecule has 40 heavy (non-hydrogen) atoms. The van der Waals surface area contributed by atoms with Gasteiger partial charge in [-0.15, -0.1) is 0 Å². The Labute approximate surface area is 240 Å². The zero-order chi connectivity index (χ0) is 28.9. The van der Waals surface area contributed by atoms with Crippen molar-refractivity contribution in [3.8, 4) is 5.75 Å². The normalized spacial score (nSPS) is 18.8. The monoisotopic (exact) mass is 549 g/mol. The van der Waals surface area contributed by atoms with Gasteiger partial charge in [0.2, 0.25) is 6.36 Å². The third kappa shape index (κ3) is 9.60. The minimum Gasteiger partial charge on any atom is -0.461 e. The first-order valence-electron chi connectivity index (χ1n) is 15.3. The fraction of sp³-hybridized carbons (Fsp3) is 0.543. The molecule has 2 unspecified atom stereocenters. The second-order valence-corrected chi connectivity index (χ2v) is 11.3. The number of ketones is 2. The maximum absolute atomic E-state index is 13.0. The lowest BCUT2D eigenvalue weighted by Crippen LogP contribution is -2.25. The van der Waals surface area contributed by atoms with Gasteiger partial charge in [0, 0.05) is 37.6 Å². The summed E-state index contributed by atoms with van der Waals surface area (Å²) in [6.07, 6.45) is 13.0. The molecule has 0 aliphatic heterocycles. The van der Waals surface area contributed by atoms with E-state index in [1.165, 1.54) is 18.9 Å². The Morgan fingerprint density at radius 1 is 1.05 bits per heavy atom. The second-order valence-electron chi connectivity index (χ2n) is 11.3. The van der Waals surface area contributed by atoms with Crippen LogP contribution in [0, 0.1) is 17.8 Å². The van der Waals surface area contributed by atoms with Crippen LogP contribution in [0.5, 0.6) is 5.75 Å². The van der Waals surface area contributed by atoms with Gasteiger partial charge >= 0.3 is 0 Å². The summed E-state index contributed by atoms with van der Waals surface area (Å²) in [7, 11) is 1.91. The van der Waals surface area contributed by atoms with Gasteiger partial charge in [-0.05, 0) is 98.6 Å². The van der Waals surface area contributed by atoms with Gasteiger partial charge < -0.3 is 10.1 Å². The summed E-state index contributed by atoms with van der Waals surface area (Å²) in [5.74, 6) is 2.37. The molecule has 1 aliphatic carbocycles. The molecule has 2 atom stereocenters. The molecule has 4 nitrogen and oxygen atoms in total. The first-order valence-corrected chi connectivity index (χ1v) is 15.3. The van der Waals surface area contributed by atoms with Crippen LogP contribution in [-0.2, 0) is 17.6 Å². The highest BCUT2D eigenvalue weighted by Crippen LogP contribution is 2.38. The minimum absolute atomic E-state index is 0.116. The zero-order valence-electron chi connectivity index (χ0n) is 24.9. The van der Waals surface area contributed by atoms with Crippen LogP contribution in [0.25, 0.3) is 0 Å². The van der Waals surface area contributed by atoms with Crippen LogP contribution < -0.4 is 10.1 Å². The fourth-order valence-electron chi connectivity index (χ4n) is 6.16. The van der Waals surface area contributed by atoms with E-state index < -0.39 is 6.36 Å². The number of halogens is 1. The first-order chi connectivity index (χ1) is 19.3. The molecule has 1 aliphatic rings. The largest absolute Gasteiger partial charge is 0.461 e. The smallest absolute Gasteiger partial charge is 0.235 e. The number of rotatable bonds is 16. The fourth-order valence-corrected chi connectivity index (χ4v) is 6.16. The molecule has 0 heterocycles. The lowest BCUT2D eigenvalue weighted by atomic mass is 9.72. The van der Waals surface area contributed by atoms with Gasteiger partial charge in [0.15, 0.2) is 11.6 Å². The van der Waals surface area contributed by atoms with Crippen molar-refractivity contribution in [2.24, 2.45) is 17.8 Å². The van der Waals surface area contributed by atoms with E-state index >= 15 is 0 Å². The Kier molecular flexibility index (Phi) is 12.9. The van der Waals surface area contributed by atoms with Crippen LogP contribution in [-0.4, -0.2) is 25.0 Å². The van der Waals surface area contributed by atoms with Crippen molar-refractivity contribution in [1.29, 1.82) is 0 Å². The molecular weight excluding hydrogens is 501 g/mol. The van der Waals surface area contributed by atoms with E-state index in [1.54, 1.807) is 18.2 Å². The Bertz CT molecular complexity index is 1100. The molecule has 3 rings (SSSR count). The summed E-state index contributed by atoms with van der Waals surface area (Å²) in [6, 6.07) is 13.4. The number of aryl methyl sites for hydroxylation is 1. The van der Waals surface area contributed by atoms with Crippen molar-refractivity contribution >= 4 is 17.3 Å². The molecule has 218 valence electrons. The highest BCUT2D eigenvalue weighted by atomic mass is 19.1. The molecule has 2 aromatic rings. The third-order valence-electron chi connectivity index (χ3n) is 8.42.